The lowest BCUT2D eigenvalue weighted by Crippen LogP contribution is -2.31. The number of aromatic nitrogens is 2. The van der Waals surface area contributed by atoms with E-state index in [1.807, 2.05) is 32.2 Å². The third kappa shape index (κ3) is 3.25. The van der Waals surface area contributed by atoms with Crippen LogP contribution in [0.15, 0.2) is 11.4 Å². The maximum absolute atomic E-state index is 11.4. The van der Waals surface area contributed by atoms with Gasteiger partial charge >= 0.3 is 5.97 Å². The van der Waals surface area contributed by atoms with Gasteiger partial charge in [0.05, 0.1) is 5.39 Å². The normalized spacial score (nSPS) is 12.8. The highest BCUT2D eigenvalue weighted by molar-refractivity contribution is 7.16. The first-order chi connectivity index (χ1) is 9.51. The number of carboxylic acids is 1. The van der Waals surface area contributed by atoms with Crippen LogP contribution >= 0.6 is 11.3 Å². The quantitative estimate of drug-likeness (QED) is 0.855. The summed E-state index contributed by atoms with van der Waals surface area (Å²) in [7, 11) is 0. The van der Waals surface area contributed by atoms with Gasteiger partial charge in [0, 0.05) is 6.42 Å². The van der Waals surface area contributed by atoms with Gasteiger partial charge in [-0.15, -0.1) is 11.3 Å². The Hall–Kier alpha value is -1.69. The summed E-state index contributed by atoms with van der Waals surface area (Å²) in [6.45, 7) is 6.01. The van der Waals surface area contributed by atoms with Crippen molar-refractivity contribution in [3.63, 3.8) is 0 Å². The van der Waals surface area contributed by atoms with E-state index in [0.717, 1.165) is 22.5 Å². The van der Waals surface area contributed by atoms with Crippen LogP contribution < -0.4 is 5.32 Å². The number of hydrogen-bond donors (Lipinski definition) is 2. The van der Waals surface area contributed by atoms with Crippen molar-refractivity contribution in [1.82, 2.24) is 9.97 Å². The molecule has 5 nitrogen and oxygen atoms in total. The van der Waals surface area contributed by atoms with E-state index >= 15 is 0 Å². The molecule has 1 unspecified atom stereocenters. The second-order valence-electron chi connectivity index (χ2n) is 5.15. The number of thiophene rings is 1. The third-order valence-corrected chi connectivity index (χ3v) is 3.81. The van der Waals surface area contributed by atoms with Crippen LogP contribution in [0.25, 0.3) is 10.2 Å². The maximum atomic E-state index is 11.4. The molecule has 2 aromatic rings. The molecule has 108 valence electrons. The Bertz CT molecular complexity index is 609. The minimum atomic E-state index is -0.848. The molecule has 0 spiro atoms. The van der Waals surface area contributed by atoms with E-state index in [4.69, 9.17) is 0 Å². The summed E-state index contributed by atoms with van der Waals surface area (Å²) < 4.78 is 0. The summed E-state index contributed by atoms with van der Waals surface area (Å²) in [4.78, 5) is 21.2. The number of carbonyl (C=O) groups is 1. The van der Waals surface area contributed by atoms with E-state index in [1.165, 1.54) is 0 Å². The molecule has 2 rings (SSSR count). The zero-order valence-corrected chi connectivity index (χ0v) is 12.7. The second-order valence-corrected chi connectivity index (χ2v) is 6.04. The van der Waals surface area contributed by atoms with Gasteiger partial charge in [0.25, 0.3) is 0 Å². The Morgan fingerprint density at radius 3 is 2.80 bits per heavy atom. The van der Waals surface area contributed by atoms with E-state index in [9.17, 15) is 9.90 Å². The number of rotatable bonds is 6. The number of carboxylic acid groups (broad SMARTS) is 1. The Balaban J connectivity index is 2.35. The van der Waals surface area contributed by atoms with Crippen molar-refractivity contribution >= 4 is 33.3 Å². The fourth-order valence-corrected chi connectivity index (χ4v) is 2.81. The number of nitrogens with one attached hydrogen (secondary N) is 1. The number of nitrogens with zero attached hydrogens (tertiary/aromatic N) is 2. The molecule has 2 N–H and O–H groups in total. The molecule has 0 aliphatic heterocycles. The van der Waals surface area contributed by atoms with Crippen molar-refractivity contribution in [2.75, 3.05) is 5.32 Å². The number of anilines is 1. The van der Waals surface area contributed by atoms with Crippen LogP contribution in [0.3, 0.4) is 0 Å². The Morgan fingerprint density at radius 1 is 1.45 bits per heavy atom. The summed E-state index contributed by atoms with van der Waals surface area (Å²) in [5.41, 5.74) is 0. The van der Waals surface area contributed by atoms with E-state index in [1.54, 1.807) is 11.3 Å². The molecule has 2 aromatic heterocycles. The largest absolute Gasteiger partial charge is 0.480 e. The van der Waals surface area contributed by atoms with Gasteiger partial charge in [0.15, 0.2) is 0 Å². The molecule has 6 heteroatoms. The van der Waals surface area contributed by atoms with E-state index in [0.29, 0.717) is 18.2 Å². The second kappa shape index (κ2) is 6.17. The molecule has 20 heavy (non-hydrogen) atoms. The highest BCUT2D eigenvalue weighted by Crippen LogP contribution is 2.26. The van der Waals surface area contributed by atoms with Crippen molar-refractivity contribution in [3.05, 3.63) is 17.3 Å². The van der Waals surface area contributed by atoms with E-state index in [2.05, 4.69) is 15.3 Å². The van der Waals surface area contributed by atoms with E-state index < -0.39 is 12.0 Å². The van der Waals surface area contributed by atoms with Crippen LogP contribution in [-0.2, 0) is 11.2 Å². The number of aliphatic carboxylic acids is 1. The smallest absolute Gasteiger partial charge is 0.326 e. The molecule has 0 fully saturated rings. The minimum Gasteiger partial charge on any atom is -0.480 e. The number of fused-ring (bicyclic) bond motifs is 1. The predicted octanol–water partition coefficient (Wildman–Crippen LogP) is 3.16. The Kier molecular flexibility index (Phi) is 4.54. The number of aryl methyl sites for hydroxylation is 1. The predicted molar refractivity (Wildman–Crippen MR) is 81.3 cm³/mol. The molecule has 0 bridgehead atoms. The standard InChI is InChI=1S/C14H19N3O2S/c1-4-11-16-12(9-5-6-20-13(9)17-11)15-10(14(18)19)7-8(2)3/h5-6,8,10H,4,7H2,1-3H3,(H,18,19)(H,15,16,17). The Morgan fingerprint density at radius 2 is 2.20 bits per heavy atom. The van der Waals surface area contributed by atoms with Gasteiger partial charge in [0.1, 0.15) is 22.5 Å². The van der Waals surface area contributed by atoms with Gasteiger partial charge in [-0.1, -0.05) is 20.8 Å². The lowest BCUT2D eigenvalue weighted by atomic mass is 10.0. The first-order valence-corrected chi connectivity index (χ1v) is 7.62. The first kappa shape index (κ1) is 14.7. The molecule has 0 amide bonds. The minimum absolute atomic E-state index is 0.300. The molecule has 0 aromatic carbocycles. The number of hydrogen-bond acceptors (Lipinski definition) is 5. The van der Waals surface area contributed by atoms with Crippen molar-refractivity contribution in [3.8, 4) is 0 Å². The lowest BCUT2D eigenvalue weighted by Gasteiger charge is -2.17. The van der Waals surface area contributed by atoms with Gasteiger partial charge in [-0.05, 0) is 23.8 Å². The average Bonchev–Trinajstić information content (AvgIpc) is 2.85. The summed E-state index contributed by atoms with van der Waals surface area (Å²) in [5, 5.41) is 15.2. The van der Waals surface area contributed by atoms with Crippen LogP contribution in [0.5, 0.6) is 0 Å². The van der Waals surface area contributed by atoms with Crippen LogP contribution in [0.2, 0.25) is 0 Å². The summed E-state index contributed by atoms with van der Waals surface area (Å²) in [5.74, 6) is 0.810. The fraction of sp³-hybridized carbons (Fsp3) is 0.500. The summed E-state index contributed by atoms with van der Waals surface area (Å²) >= 11 is 1.54. The van der Waals surface area contributed by atoms with Gasteiger partial charge in [-0.25, -0.2) is 14.8 Å². The zero-order valence-electron chi connectivity index (χ0n) is 11.9. The van der Waals surface area contributed by atoms with Crippen LogP contribution in [0.1, 0.15) is 33.0 Å². The lowest BCUT2D eigenvalue weighted by molar-refractivity contribution is -0.138. The highest BCUT2D eigenvalue weighted by Gasteiger charge is 2.20. The fourth-order valence-electron chi connectivity index (χ4n) is 2.03. The van der Waals surface area contributed by atoms with Gasteiger partial charge in [-0.2, -0.15) is 0 Å². The molecule has 0 aliphatic carbocycles. The van der Waals surface area contributed by atoms with Gasteiger partial charge < -0.3 is 10.4 Å². The van der Waals surface area contributed by atoms with Gasteiger partial charge in [0.2, 0.25) is 0 Å². The first-order valence-electron chi connectivity index (χ1n) is 6.74. The van der Waals surface area contributed by atoms with Crippen LogP contribution in [-0.4, -0.2) is 27.1 Å². The highest BCUT2D eigenvalue weighted by atomic mass is 32.1. The molecule has 0 aliphatic rings. The molecule has 1 atom stereocenters. The molecular formula is C14H19N3O2S. The van der Waals surface area contributed by atoms with Gasteiger partial charge in [-0.3, -0.25) is 0 Å². The zero-order chi connectivity index (χ0) is 14.7. The van der Waals surface area contributed by atoms with Crippen molar-refractivity contribution in [2.24, 2.45) is 5.92 Å². The Labute approximate surface area is 122 Å². The third-order valence-electron chi connectivity index (χ3n) is 3.00. The molecule has 0 saturated carbocycles. The van der Waals surface area contributed by atoms with Crippen molar-refractivity contribution in [2.45, 2.75) is 39.7 Å². The SMILES string of the molecule is CCc1nc(NC(CC(C)C)C(=O)O)c2ccsc2n1. The van der Waals surface area contributed by atoms with Crippen LogP contribution in [0, 0.1) is 5.92 Å². The summed E-state index contributed by atoms with van der Waals surface area (Å²) in [6, 6.07) is 1.30. The molecule has 2 heterocycles. The average molecular weight is 293 g/mol. The summed E-state index contributed by atoms with van der Waals surface area (Å²) in [6.07, 6.45) is 1.29. The van der Waals surface area contributed by atoms with E-state index in [-0.39, 0.29) is 0 Å². The monoisotopic (exact) mass is 293 g/mol. The molecule has 0 radical (unpaired) electrons. The molecule has 0 saturated heterocycles. The van der Waals surface area contributed by atoms with Crippen molar-refractivity contribution in [1.29, 1.82) is 0 Å². The van der Waals surface area contributed by atoms with Crippen LogP contribution in [0.4, 0.5) is 5.82 Å². The molecular weight excluding hydrogens is 274 g/mol. The topological polar surface area (TPSA) is 75.1 Å². The maximum Gasteiger partial charge on any atom is 0.326 e. The van der Waals surface area contributed by atoms with Crippen molar-refractivity contribution < 1.29 is 9.90 Å².